The molecule has 1 heterocycles. The Morgan fingerprint density at radius 2 is 2.06 bits per heavy atom. The average molecular weight is 242 g/mol. The molecule has 0 saturated carbocycles. The number of likely N-dealkylation sites (N-methyl/N-ethyl adjacent to an activating group) is 2. The van der Waals surface area contributed by atoms with Gasteiger partial charge in [0.15, 0.2) is 0 Å². The number of hydrogen-bond donors (Lipinski definition) is 2. The molecule has 0 amide bonds. The Labute approximate surface area is 106 Å². The minimum absolute atomic E-state index is 0.423. The maximum Gasteiger partial charge on any atom is 0.0386 e. The first-order chi connectivity index (χ1) is 8.19. The zero-order valence-electron chi connectivity index (χ0n) is 11.8. The summed E-state index contributed by atoms with van der Waals surface area (Å²) in [7, 11) is 4.44. The second-order valence-corrected chi connectivity index (χ2v) is 5.43. The number of hydrogen-bond acceptors (Lipinski definition) is 4. The Hall–Kier alpha value is -0.160. The molecule has 0 aromatic rings. The number of unbranched alkanes of at least 4 members (excludes halogenated alkanes) is 2. The summed E-state index contributed by atoms with van der Waals surface area (Å²) in [6, 6.07) is 0.969. The first-order valence-electron chi connectivity index (χ1n) is 7.04. The number of nitrogens with two attached hydrogens (primary N) is 1. The minimum atomic E-state index is 0.423. The molecular weight excluding hydrogens is 212 g/mol. The van der Waals surface area contributed by atoms with Crippen LogP contribution in [-0.4, -0.2) is 55.6 Å². The van der Waals surface area contributed by atoms with Crippen LogP contribution in [0.5, 0.6) is 0 Å². The van der Waals surface area contributed by atoms with E-state index in [1.54, 1.807) is 0 Å². The van der Waals surface area contributed by atoms with Crippen LogP contribution in [0, 0.1) is 0 Å². The summed E-state index contributed by atoms with van der Waals surface area (Å²) >= 11 is 0. The maximum atomic E-state index is 5.75. The van der Waals surface area contributed by atoms with Crippen LogP contribution in [0.15, 0.2) is 0 Å². The van der Waals surface area contributed by atoms with Crippen molar-refractivity contribution in [3.05, 3.63) is 0 Å². The molecule has 0 radical (unpaired) electrons. The molecule has 0 aromatic heterocycles. The molecule has 1 rings (SSSR count). The normalized spacial score (nSPS) is 25.8. The minimum Gasteiger partial charge on any atom is -0.305 e. The summed E-state index contributed by atoms with van der Waals surface area (Å²) in [5.74, 6) is 5.75. The van der Waals surface area contributed by atoms with E-state index in [-0.39, 0.29) is 0 Å². The number of rotatable bonds is 6. The summed E-state index contributed by atoms with van der Waals surface area (Å²) in [5, 5.41) is 0. The number of hydrazine groups is 1. The molecule has 2 unspecified atom stereocenters. The Morgan fingerprint density at radius 1 is 1.29 bits per heavy atom. The Balaban J connectivity index is 2.50. The third-order valence-corrected chi connectivity index (χ3v) is 3.91. The fraction of sp³-hybridized carbons (Fsp3) is 1.00. The number of nitrogens with one attached hydrogen (secondary N) is 1. The van der Waals surface area contributed by atoms with Crippen molar-refractivity contribution in [3.63, 3.8) is 0 Å². The van der Waals surface area contributed by atoms with E-state index in [2.05, 4.69) is 36.2 Å². The van der Waals surface area contributed by atoms with Gasteiger partial charge in [-0.2, -0.15) is 0 Å². The average Bonchev–Trinajstić information content (AvgIpc) is 2.47. The van der Waals surface area contributed by atoms with E-state index in [9.17, 15) is 0 Å². The first kappa shape index (κ1) is 14.9. The van der Waals surface area contributed by atoms with Crippen LogP contribution in [0.25, 0.3) is 0 Å². The summed E-state index contributed by atoms with van der Waals surface area (Å²) in [4.78, 5) is 4.90. The topological polar surface area (TPSA) is 44.5 Å². The zero-order valence-corrected chi connectivity index (χ0v) is 11.8. The Morgan fingerprint density at radius 3 is 2.71 bits per heavy atom. The van der Waals surface area contributed by atoms with Gasteiger partial charge >= 0.3 is 0 Å². The van der Waals surface area contributed by atoms with Gasteiger partial charge in [0.05, 0.1) is 0 Å². The lowest BCUT2D eigenvalue weighted by atomic mass is 10.0. The molecule has 0 spiro atoms. The molecule has 102 valence electrons. The molecule has 17 heavy (non-hydrogen) atoms. The van der Waals surface area contributed by atoms with Crippen molar-refractivity contribution in [2.24, 2.45) is 5.84 Å². The van der Waals surface area contributed by atoms with Gasteiger partial charge < -0.3 is 9.80 Å². The van der Waals surface area contributed by atoms with Gasteiger partial charge in [-0.05, 0) is 40.0 Å². The largest absolute Gasteiger partial charge is 0.305 e. The van der Waals surface area contributed by atoms with Gasteiger partial charge in [0.1, 0.15) is 0 Å². The smallest absolute Gasteiger partial charge is 0.0386 e. The van der Waals surface area contributed by atoms with Crippen molar-refractivity contribution < 1.29 is 0 Å². The highest BCUT2D eigenvalue weighted by Crippen LogP contribution is 2.14. The molecule has 0 aliphatic carbocycles. The maximum absolute atomic E-state index is 5.75. The molecule has 4 heteroatoms. The third kappa shape index (κ3) is 4.92. The molecule has 1 fully saturated rings. The van der Waals surface area contributed by atoms with E-state index in [0.717, 1.165) is 6.54 Å². The fourth-order valence-electron chi connectivity index (χ4n) is 2.74. The van der Waals surface area contributed by atoms with Crippen molar-refractivity contribution in [3.8, 4) is 0 Å². The van der Waals surface area contributed by atoms with Crippen LogP contribution in [0.1, 0.15) is 39.0 Å². The monoisotopic (exact) mass is 242 g/mol. The van der Waals surface area contributed by atoms with Crippen LogP contribution >= 0.6 is 0 Å². The SMILES string of the molecule is CCCCCC(NN)C1CN(C)CCCN1C. The fourth-order valence-corrected chi connectivity index (χ4v) is 2.74. The van der Waals surface area contributed by atoms with Crippen LogP contribution in [0.4, 0.5) is 0 Å². The summed E-state index contributed by atoms with van der Waals surface area (Å²) in [6.07, 6.45) is 6.31. The molecular formula is C13H30N4. The van der Waals surface area contributed by atoms with Gasteiger partial charge in [0.2, 0.25) is 0 Å². The van der Waals surface area contributed by atoms with Crippen LogP contribution in [-0.2, 0) is 0 Å². The lowest BCUT2D eigenvalue weighted by Crippen LogP contribution is -2.54. The van der Waals surface area contributed by atoms with E-state index in [0.29, 0.717) is 12.1 Å². The molecule has 3 N–H and O–H groups in total. The quantitative estimate of drug-likeness (QED) is 0.415. The predicted molar refractivity (Wildman–Crippen MR) is 73.8 cm³/mol. The van der Waals surface area contributed by atoms with Crippen molar-refractivity contribution in [2.75, 3.05) is 33.7 Å². The van der Waals surface area contributed by atoms with Crippen molar-refractivity contribution >= 4 is 0 Å². The third-order valence-electron chi connectivity index (χ3n) is 3.91. The predicted octanol–water partition coefficient (Wildman–Crippen LogP) is 1.03. The second-order valence-electron chi connectivity index (χ2n) is 5.43. The van der Waals surface area contributed by atoms with Gasteiger partial charge in [0, 0.05) is 18.6 Å². The molecule has 1 saturated heterocycles. The molecule has 0 aromatic carbocycles. The first-order valence-corrected chi connectivity index (χ1v) is 7.04. The lowest BCUT2D eigenvalue weighted by molar-refractivity contribution is 0.171. The second kappa shape index (κ2) is 8.03. The molecule has 2 atom stereocenters. The van der Waals surface area contributed by atoms with Crippen LogP contribution in [0.3, 0.4) is 0 Å². The van der Waals surface area contributed by atoms with E-state index < -0.39 is 0 Å². The van der Waals surface area contributed by atoms with Crippen molar-refractivity contribution in [1.29, 1.82) is 0 Å². The summed E-state index contributed by atoms with van der Waals surface area (Å²) in [6.45, 7) is 5.75. The van der Waals surface area contributed by atoms with Gasteiger partial charge in [0.25, 0.3) is 0 Å². The van der Waals surface area contributed by atoms with Crippen LogP contribution in [0.2, 0.25) is 0 Å². The number of nitrogens with zero attached hydrogens (tertiary/aromatic N) is 2. The van der Waals surface area contributed by atoms with E-state index >= 15 is 0 Å². The zero-order chi connectivity index (χ0) is 12.7. The summed E-state index contributed by atoms with van der Waals surface area (Å²) in [5.41, 5.74) is 3.04. The van der Waals surface area contributed by atoms with E-state index in [4.69, 9.17) is 5.84 Å². The van der Waals surface area contributed by atoms with Crippen LogP contribution < -0.4 is 11.3 Å². The highest BCUT2D eigenvalue weighted by molar-refractivity contribution is 4.86. The van der Waals surface area contributed by atoms with Gasteiger partial charge in [-0.3, -0.25) is 11.3 Å². The molecule has 4 nitrogen and oxygen atoms in total. The highest BCUT2D eigenvalue weighted by atomic mass is 15.3. The lowest BCUT2D eigenvalue weighted by Gasteiger charge is -2.34. The van der Waals surface area contributed by atoms with Gasteiger partial charge in [-0.25, -0.2) is 0 Å². The van der Waals surface area contributed by atoms with Crippen molar-refractivity contribution in [1.82, 2.24) is 15.2 Å². The molecule has 0 bridgehead atoms. The highest BCUT2D eigenvalue weighted by Gasteiger charge is 2.27. The van der Waals surface area contributed by atoms with Gasteiger partial charge in [-0.15, -0.1) is 0 Å². The molecule has 1 aliphatic heterocycles. The Bertz CT molecular complexity index is 198. The standard InChI is InChI=1S/C13H30N4/c1-4-5-6-8-12(15-14)13-11-16(2)9-7-10-17(13)3/h12-13,15H,4-11,14H2,1-3H3. The van der Waals surface area contributed by atoms with Crippen molar-refractivity contribution in [2.45, 2.75) is 51.1 Å². The van der Waals surface area contributed by atoms with E-state index in [1.807, 2.05) is 0 Å². The van der Waals surface area contributed by atoms with Gasteiger partial charge in [-0.1, -0.05) is 26.2 Å². The van der Waals surface area contributed by atoms with E-state index in [1.165, 1.54) is 45.2 Å². The Kier molecular flexibility index (Phi) is 7.04. The molecule has 1 aliphatic rings. The summed E-state index contributed by atoms with van der Waals surface area (Å²) < 4.78 is 0.